The molecule has 0 spiro atoms. The van der Waals surface area contributed by atoms with Gasteiger partial charge < -0.3 is 19.8 Å². The monoisotopic (exact) mass is 408 g/mol. The van der Waals surface area contributed by atoms with Crippen molar-refractivity contribution in [3.63, 3.8) is 0 Å². The van der Waals surface area contributed by atoms with Crippen LogP contribution in [-0.2, 0) is 27.3 Å². The molecular weight excluding hydrogens is 384 g/mol. The van der Waals surface area contributed by atoms with E-state index in [1.54, 1.807) is 31.2 Å². The maximum absolute atomic E-state index is 12.3. The van der Waals surface area contributed by atoms with E-state index in [1.165, 1.54) is 0 Å². The van der Waals surface area contributed by atoms with Crippen LogP contribution in [0, 0.1) is 0 Å². The second kappa shape index (κ2) is 7.25. The van der Waals surface area contributed by atoms with Gasteiger partial charge in [-0.3, -0.25) is 4.79 Å². The first-order chi connectivity index (χ1) is 14.3. The molecule has 0 radical (unpaired) electrons. The number of phenols is 1. The molecule has 0 saturated carbocycles. The van der Waals surface area contributed by atoms with Gasteiger partial charge in [-0.25, -0.2) is 9.78 Å². The Morgan fingerprint density at radius 2 is 2.10 bits per heavy atom. The molecule has 0 amide bonds. The number of phenolic OH excluding ortho intramolecular Hbond substituents is 1. The number of esters is 1. The summed E-state index contributed by atoms with van der Waals surface area (Å²) in [5.74, 6) is -0.560. The van der Waals surface area contributed by atoms with Crippen molar-refractivity contribution in [3.8, 4) is 5.75 Å². The Morgan fingerprint density at radius 1 is 1.33 bits per heavy atom. The van der Waals surface area contributed by atoms with E-state index in [1.807, 2.05) is 11.9 Å². The molecule has 1 aromatic heterocycles. The predicted molar refractivity (Wildman–Crippen MR) is 112 cm³/mol. The minimum Gasteiger partial charge on any atom is -0.508 e. The number of rotatable bonds is 4. The first kappa shape index (κ1) is 20.1. The number of carbonyl (C=O) groups is 2. The first-order valence-electron chi connectivity index (χ1n) is 10.00. The minimum atomic E-state index is -1.87. The zero-order chi connectivity index (χ0) is 21.6. The zero-order valence-electron chi connectivity index (χ0n) is 17.2. The summed E-state index contributed by atoms with van der Waals surface area (Å²) in [6.07, 6.45) is 3.17. The van der Waals surface area contributed by atoms with E-state index in [0.29, 0.717) is 12.8 Å². The van der Waals surface area contributed by atoms with Gasteiger partial charge in [0, 0.05) is 35.7 Å². The zero-order valence-corrected chi connectivity index (χ0v) is 17.2. The van der Waals surface area contributed by atoms with Crippen LogP contribution in [0.3, 0.4) is 0 Å². The number of benzene rings is 1. The lowest BCUT2D eigenvalue weighted by atomic mass is 9.85. The van der Waals surface area contributed by atoms with E-state index in [2.05, 4.69) is 6.92 Å². The van der Waals surface area contributed by atoms with Crippen LogP contribution in [0.25, 0.3) is 16.6 Å². The van der Waals surface area contributed by atoms with Gasteiger partial charge >= 0.3 is 5.97 Å². The summed E-state index contributed by atoms with van der Waals surface area (Å²) in [6.45, 7) is 4.17. The van der Waals surface area contributed by atoms with Crippen LogP contribution in [0.5, 0.6) is 5.75 Å². The Hall–Kier alpha value is -3.19. The van der Waals surface area contributed by atoms with Crippen molar-refractivity contribution >= 4 is 28.9 Å². The molecule has 2 aliphatic rings. The quantitative estimate of drug-likeness (QED) is 0.592. The molecule has 1 unspecified atom stereocenters. The summed E-state index contributed by atoms with van der Waals surface area (Å²) in [5.41, 5.74) is 3.00. The highest BCUT2D eigenvalue weighted by Crippen LogP contribution is 2.40. The molecule has 2 aliphatic heterocycles. The fourth-order valence-corrected chi connectivity index (χ4v) is 4.32. The van der Waals surface area contributed by atoms with E-state index >= 15 is 0 Å². The second-order valence-corrected chi connectivity index (χ2v) is 7.70. The second-order valence-electron chi connectivity index (χ2n) is 7.70. The number of aromatic nitrogens is 1. The van der Waals surface area contributed by atoms with E-state index in [0.717, 1.165) is 39.8 Å². The van der Waals surface area contributed by atoms with Crippen LogP contribution in [-0.4, -0.2) is 51.6 Å². The van der Waals surface area contributed by atoms with Gasteiger partial charge in [0.25, 0.3) is 0 Å². The lowest BCUT2D eigenvalue weighted by molar-refractivity contribution is -0.162. The maximum Gasteiger partial charge on any atom is 0.343 e. The molecule has 0 aliphatic carbocycles. The highest BCUT2D eigenvalue weighted by Gasteiger charge is 2.44. The number of hydrogen-bond donors (Lipinski definition) is 2. The van der Waals surface area contributed by atoms with Crippen molar-refractivity contribution < 1.29 is 24.5 Å². The highest BCUT2D eigenvalue weighted by molar-refractivity contribution is 5.94. The number of fused-ring (bicyclic) bond motifs is 2. The molecule has 0 bridgehead atoms. The standard InChI is InChI=1S/C23H24N2O5/c1-4-15-16-8-14(27)6-7-19(16)24-21-17(15)10-25(3)20(21)9-18-13(11-26)12-30-22(28)23(18,29)5-2/h6-9,11,27,29H,4-5,10,12H2,1-3H3. The van der Waals surface area contributed by atoms with E-state index < -0.39 is 11.6 Å². The van der Waals surface area contributed by atoms with Crippen molar-refractivity contribution in [2.45, 2.75) is 38.8 Å². The van der Waals surface area contributed by atoms with Crippen LogP contribution in [0.1, 0.15) is 37.1 Å². The third-order valence-corrected chi connectivity index (χ3v) is 6.01. The molecule has 1 aromatic carbocycles. The number of aliphatic hydroxyl groups is 1. The predicted octanol–water partition coefficient (Wildman–Crippen LogP) is 2.48. The van der Waals surface area contributed by atoms with Crippen LogP contribution < -0.4 is 0 Å². The SMILES string of the molecule is CCc1c2c(nc3ccc(O)cc13)C(=CC1=C(C=O)COC(=O)C1(O)CC)N(C)C2. The Morgan fingerprint density at radius 3 is 2.77 bits per heavy atom. The number of nitrogens with zero attached hydrogens (tertiary/aromatic N) is 2. The number of carbonyl (C=O) groups excluding carboxylic acids is 2. The number of aldehydes is 1. The maximum atomic E-state index is 12.3. The normalized spacial score (nSPS) is 22.6. The van der Waals surface area contributed by atoms with Gasteiger partial charge in [0.1, 0.15) is 18.6 Å². The van der Waals surface area contributed by atoms with Gasteiger partial charge in [-0.15, -0.1) is 0 Å². The van der Waals surface area contributed by atoms with Gasteiger partial charge in [-0.1, -0.05) is 13.8 Å². The molecule has 3 heterocycles. The molecule has 30 heavy (non-hydrogen) atoms. The number of aromatic hydroxyl groups is 1. The summed E-state index contributed by atoms with van der Waals surface area (Å²) < 4.78 is 5.02. The molecule has 7 nitrogen and oxygen atoms in total. The largest absolute Gasteiger partial charge is 0.508 e. The first-order valence-corrected chi connectivity index (χ1v) is 10.00. The Labute approximate surface area is 174 Å². The van der Waals surface area contributed by atoms with E-state index in [9.17, 15) is 19.8 Å². The van der Waals surface area contributed by atoms with Crippen molar-refractivity contribution in [2.24, 2.45) is 0 Å². The Kier molecular flexibility index (Phi) is 4.86. The molecule has 4 rings (SSSR count). The minimum absolute atomic E-state index is 0.0868. The summed E-state index contributed by atoms with van der Waals surface area (Å²) in [5, 5.41) is 21.8. The fraction of sp³-hybridized carbons (Fsp3) is 0.348. The van der Waals surface area contributed by atoms with Crippen LogP contribution in [0.4, 0.5) is 0 Å². The van der Waals surface area contributed by atoms with E-state index in [-0.39, 0.29) is 29.9 Å². The molecule has 2 N–H and O–H groups in total. The number of ether oxygens (including phenoxy) is 1. The van der Waals surface area contributed by atoms with Crippen LogP contribution in [0.15, 0.2) is 35.4 Å². The van der Waals surface area contributed by atoms with Crippen molar-refractivity contribution in [2.75, 3.05) is 13.7 Å². The Balaban J connectivity index is 1.97. The third-order valence-electron chi connectivity index (χ3n) is 6.01. The lowest BCUT2D eigenvalue weighted by Crippen LogP contribution is -2.45. The van der Waals surface area contributed by atoms with E-state index in [4.69, 9.17) is 9.72 Å². The molecule has 0 saturated heterocycles. The van der Waals surface area contributed by atoms with Crippen molar-refractivity contribution in [1.82, 2.24) is 9.88 Å². The van der Waals surface area contributed by atoms with Gasteiger partial charge in [0.15, 0.2) is 5.60 Å². The third kappa shape index (κ3) is 2.89. The molecular formula is C23H24N2O5. The number of aryl methyl sites for hydroxylation is 1. The summed E-state index contributed by atoms with van der Waals surface area (Å²) in [6, 6.07) is 5.10. The highest BCUT2D eigenvalue weighted by atomic mass is 16.6. The van der Waals surface area contributed by atoms with Crippen LogP contribution >= 0.6 is 0 Å². The van der Waals surface area contributed by atoms with Gasteiger partial charge in [-0.05, 0) is 42.7 Å². The fourth-order valence-electron chi connectivity index (χ4n) is 4.32. The Bertz CT molecular complexity index is 1130. The number of hydrogen-bond acceptors (Lipinski definition) is 7. The molecule has 2 aromatic rings. The summed E-state index contributed by atoms with van der Waals surface area (Å²) in [7, 11) is 1.91. The number of cyclic esters (lactones) is 1. The average molecular weight is 408 g/mol. The van der Waals surface area contributed by atoms with Gasteiger partial charge in [-0.2, -0.15) is 0 Å². The average Bonchev–Trinajstić information content (AvgIpc) is 3.04. The molecule has 0 fully saturated rings. The van der Waals surface area contributed by atoms with Gasteiger partial charge in [0.2, 0.25) is 0 Å². The molecule has 7 heteroatoms. The van der Waals surface area contributed by atoms with Crippen molar-refractivity contribution in [1.29, 1.82) is 0 Å². The lowest BCUT2D eigenvalue weighted by Gasteiger charge is -2.32. The van der Waals surface area contributed by atoms with Crippen molar-refractivity contribution in [3.05, 3.63) is 52.2 Å². The molecule has 1 atom stereocenters. The smallest absolute Gasteiger partial charge is 0.343 e. The number of pyridine rings is 1. The summed E-state index contributed by atoms with van der Waals surface area (Å²) >= 11 is 0. The van der Waals surface area contributed by atoms with Gasteiger partial charge in [0.05, 0.1) is 16.9 Å². The topological polar surface area (TPSA) is 100.0 Å². The summed E-state index contributed by atoms with van der Waals surface area (Å²) in [4.78, 5) is 30.8. The molecule has 156 valence electrons. The van der Waals surface area contributed by atoms with Crippen LogP contribution in [0.2, 0.25) is 0 Å².